The molecule has 2 amide bonds. The number of thioether (sulfide) groups is 1. The summed E-state index contributed by atoms with van der Waals surface area (Å²) >= 11 is 1.36. The van der Waals surface area contributed by atoms with Gasteiger partial charge in [-0.2, -0.15) is 0 Å². The number of carbonyl (C=O) groups is 2. The van der Waals surface area contributed by atoms with Gasteiger partial charge in [0.1, 0.15) is 11.6 Å². The van der Waals surface area contributed by atoms with Crippen LogP contribution in [0.3, 0.4) is 0 Å². The predicted molar refractivity (Wildman–Crippen MR) is 125 cm³/mol. The minimum atomic E-state index is -0.374. The molecule has 0 bridgehead atoms. The van der Waals surface area contributed by atoms with Crippen molar-refractivity contribution in [1.82, 2.24) is 24.6 Å². The van der Waals surface area contributed by atoms with Crippen LogP contribution in [0, 0.1) is 19.7 Å². The zero-order valence-electron chi connectivity index (χ0n) is 18.9. The molecule has 0 radical (unpaired) electrons. The van der Waals surface area contributed by atoms with E-state index in [1.54, 1.807) is 9.80 Å². The lowest BCUT2D eigenvalue weighted by atomic mass is 10.1. The number of halogens is 1. The van der Waals surface area contributed by atoms with Crippen LogP contribution in [0.5, 0.6) is 0 Å². The first kappa shape index (κ1) is 23.0. The van der Waals surface area contributed by atoms with Gasteiger partial charge in [-0.1, -0.05) is 30.0 Å². The molecular formula is C24H26FN5O2S. The molecular weight excluding hydrogens is 441 g/mol. The fourth-order valence-corrected chi connectivity index (χ4v) is 4.88. The monoisotopic (exact) mass is 467 g/mol. The lowest BCUT2D eigenvalue weighted by Crippen LogP contribution is -2.55. The van der Waals surface area contributed by atoms with Crippen molar-refractivity contribution >= 4 is 23.6 Å². The van der Waals surface area contributed by atoms with Gasteiger partial charge in [-0.15, -0.1) is 10.2 Å². The Bertz CT molecular complexity index is 1160. The Balaban J connectivity index is 1.38. The van der Waals surface area contributed by atoms with Crippen molar-refractivity contribution in [1.29, 1.82) is 0 Å². The summed E-state index contributed by atoms with van der Waals surface area (Å²) in [6.45, 7) is 7.20. The van der Waals surface area contributed by atoms with Crippen LogP contribution in [0.4, 0.5) is 4.39 Å². The van der Waals surface area contributed by atoms with E-state index in [-0.39, 0.29) is 29.4 Å². The summed E-state index contributed by atoms with van der Waals surface area (Å²) in [4.78, 5) is 29.2. The number of amides is 2. The molecule has 1 atom stereocenters. The minimum Gasteiger partial charge on any atom is -0.338 e. The van der Waals surface area contributed by atoms with E-state index < -0.39 is 0 Å². The van der Waals surface area contributed by atoms with E-state index in [9.17, 15) is 14.0 Å². The van der Waals surface area contributed by atoms with E-state index in [1.807, 2.05) is 49.6 Å². The van der Waals surface area contributed by atoms with E-state index in [0.717, 1.165) is 17.1 Å². The zero-order chi connectivity index (χ0) is 23.5. The molecule has 1 aromatic heterocycles. The summed E-state index contributed by atoms with van der Waals surface area (Å²) in [5, 5.41) is 9.14. The molecule has 2 heterocycles. The van der Waals surface area contributed by atoms with Gasteiger partial charge in [-0.25, -0.2) is 4.39 Å². The number of hydrogen-bond donors (Lipinski definition) is 0. The molecule has 9 heteroatoms. The molecule has 0 N–H and O–H groups in total. The molecule has 0 spiro atoms. The van der Waals surface area contributed by atoms with E-state index in [0.29, 0.717) is 30.4 Å². The number of para-hydroxylation sites is 1. The summed E-state index contributed by atoms with van der Waals surface area (Å²) in [5.74, 6) is 0.480. The molecule has 0 aliphatic carbocycles. The highest BCUT2D eigenvalue weighted by molar-refractivity contribution is 7.99. The maximum Gasteiger partial charge on any atom is 0.254 e. The fraction of sp³-hybridized carbons (Fsp3) is 0.333. The number of aromatic nitrogens is 3. The number of piperazine rings is 1. The normalized spacial score (nSPS) is 16.2. The van der Waals surface area contributed by atoms with Crippen LogP contribution in [0.15, 0.2) is 53.7 Å². The van der Waals surface area contributed by atoms with Crippen molar-refractivity contribution < 1.29 is 14.0 Å². The van der Waals surface area contributed by atoms with Gasteiger partial charge in [-0.3, -0.25) is 14.2 Å². The van der Waals surface area contributed by atoms with Crippen molar-refractivity contribution in [3.05, 3.63) is 71.3 Å². The van der Waals surface area contributed by atoms with Crippen LogP contribution in [0.2, 0.25) is 0 Å². The maximum atomic E-state index is 13.2. The first-order chi connectivity index (χ1) is 15.8. The first-order valence-corrected chi connectivity index (χ1v) is 11.8. The molecule has 2 aromatic carbocycles. The molecule has 1 aliphatic heterocycles. The standard InChI is InChI=1S/C24H26FN5O2S/c1-16-6-4-5-7-21(16)30-18(3)26-27-24(30)33-15-22(31)28-12-13-29(17(2)14-28)23(32)19-8-10-20(25)11-9-19/h4-11,17H,12-15H2,1-3H3. The van der Waals surface area contributed by atoms with Crippen LogP contribution in [0.25, 0.3) is 5.69 Å². The summed E-state index contributed by atoms with van der Waals surface area (Å²) < 4.78 is 15.1. The van der Waals surface area contributed by atoms with Crippen molar-refractivity contribution in [2.24, 2.45) is 0 Å². The molecule has 4 rings (SSSR count). The van der Waals surface area contributed by atoms with Crippen molar-refractivity contribution in [2.75, 3.05) is 25.4 Å². The fourth-order valence-electron chi connectivity index (χ4n) is 3.99. The number of benzene rings is 2. The zero-order valence-corrected chi connectivity index (χ0v) is 19.7. The second-order valence-corrected chi connectivity index (χ2v) is 9.08. The molecule has 7 nitrogen and oxygen atoms in total. The Morgan fingerprint density at radius 2 is 1.79 bits per heavy atom. The Hall–Kier alpha value is -3.20. The number of nitrogens with zero attached hydrogens (tertiary/aromatic N) is 5. The smallest absolute Gasteiger partial charge is 0.254 e. The van der Waals surface area contributed by atoms with Crippen LogP contribution < -0.4 is 0 Å². The Kier molecular flexibility index (Phi) is 6.78. The Morgan fingerprint density at radius 3 is 2.48 bits per heavy atom. The van der Waals surface area contributed by atoms with Crippen LogP contribution >= 0.6 is 11.8 Å². The number of aryl methyl sites for hydroxylation is 2. The highest BCUT2D eigenvalue weighted by Crippen LogP contribution is 2.24. The van der Waals surface area contributed by atoms with Gasteiger partial charge in [0.05, 0.1) is 11.4 Å². The third-order valence-electron chi connectivity index (χ3n) is 5.81. The van der Waals surface area contributed by atoms with Gasteiger partial charge in [-0.05, 0) is 56.7 Å². The van der Waals surface area contributed by atoms with E-state index in [4.69, 9.17) is 0 Å². The molecule has 1 aliphatic rings. The van der Waals surface area contributed by atoms with E-state index >= 15 is 0 Å². The minimum absolute atomic E-state index is 0.00211. The predicted octanol–water partition coefficient (Wildman–Crippen LogP) is 3.49. The summed E-state index contributed by atoms with van der Waals surface area (Å²) in [6.07, 6.45) is 0. The molecule has 1 unspecified atom stereocenters. The Labute approximate surface area is 196 Å². The highest BCUT2D eigenvalue weighted by atomic mass is 32.2. The number of hydrogen-bond acceptors (Lipinski definition) is 5. The number of carbonyl (C=O) groups excluding carboxylic acids is 2. The third kappa shape index (κ3) is 4.93. The van der Waals surface area contributed by atoms with Crippen LogP contribution in [0.1, 0.15) is 28.7 Å². The molecule has 33 heavy (non-hydrogen) atoms. The van der Waals surface area contributed by atoms with Crippen molar-refractivity contribution in [3.63, 3.8) is 0 Å². The lowest BCUT2D eigenvalue weighted by Gasteiger charge is -2.40. The molecule has 0 saturated carbocycles. The van der Waals surface area contributed by atoms with Gasteiger partial charge in [0.2, 0.25) is 5.91 Å². The quantitative estimate of drug-likeness (QED) is 0.537. The van der Waals surface area contributed by atoms with Crippen LogP contribution in [-0.4, -0.2) is 67.8 Å². The molecule has 172 valence electrons. The van der Waals surface area contributed by atoms with Crippen LogP contribution in [-0.2, 0) is 4.79 Å². The highest BCUT2D eigenvalue weighted by Gasteiger charge is 2.30. The molecule has 1 saturated heterocycles. The topological polar surface area (TPSA) is 71.3 Å². The second-order valence-electron chi connectivity index (χ2n) is 8.13. The summed E-state index contributed by atoms with van der Waals surface area (Å²) in [5.41, 5.74) is 2.55. The number of rotatable bonds is 5. The lowest BCUT2D eigenvalue weighted by molar-refractivity contribution is -0.130. The van der Waals surface area contributed by atoms with E-state index in [1.165, 1.54) is 36.0 Å². The average molecular weight is 468 g/mol. The summed E-state index contributed by atoms with van der Waals surface area (Å²) in [6, 6.07) is 13.4. The van der Waals surface area contributed by atoms with Gasteiger partial charge in [0.15, 0.2) is 5.16 Å². The Morgan fingerprint density at radius 1 is 1.06 bits per heavy atom. The van der Waals surface area contributed by atoms with Gasteiger partial charge in [0, 0.05) is 31.2 Å². The second kappa shape index (κ2) is 9.74. The third-order valence-corrected chi connectivity index (χ3v) is 6.72. The largest absolute Gasteiger partial charge is 0.338 e. The first-order valence-electron chi connectivity index (χ1n) is 10.8. The average Bonchev–Trinajstić information content (AvgIpc) is 3.17. The van der Waals surface area contributed by atoms with Crippen molar-refractivity contribution in [3.8, 4) is 5.69 Å². The molecule has 3 aromatic rings. The van der Waals surface area contributed by atoms with E-state index in [2.05, 4.69) is 10.2 Å². The summed E-state index contributed by atoms with van der Waals surface area (Å²) in [7, 11) is 0. The SMILES string of the molecule is Cc1ccccc1-n1c(C)nnc1SCC(=O)N1CCN(C(=O)c2ccc(F)cc2)C(C)C1. The van der Waals surface area contributed by atoms with Gasteiger partial charge < -0.3 is 9.80 Å². The van der Waals surface area contributed by atoms with Gasteiger partial charge in [0.25, 0.3) is 5.91 Å². The molecule has 1 fully saturated rings. The van der Waals surface area contributed by atoms with Crippen molar-refractivity contribution in [2.45, 2.75) is 32.0 Å². The van der Waals surface area contributed by atoms with Gasteiger partial charge >= 0.3 is 0 Å². The maximum absolute atomic E-state index is 13.2.